The van der Waals surface area contributed by atoms with Gasteiger partial charge in [-0.1, -0.05) is 29.8 Å². The third-order valence-corrected chi connectivity index (χ3v) is 7.02. The molecule has 4 rings (SSSR count). The van der Waals surface area contributed by atoms with Crippen LogP contribution in [0.15, 0.2) is 53.2 Å². The van der Waals surface area contributed by atoms with Crippen molar-refractivity contribution in [1.82, 2.24) is 9.97 Å². The van der Waals surface area contributed by atoms with E-state index >= 15 is 0 Å². The summed E-state index contributed by atoms with van der Waals surface area (Å²) in [5.41, 5.74) is 5.75. The number of hydrogen-bond donors (Lipinski definition) is 0. The second-order valence-electron chi connectivity index (χ2n) is 7.39. The van der Waals surface area contributed by atoms with Crippen molar-refractivity contribution in [2.24, 2.45) is 0 Å². The lowest BCUT2D eigenvalue weighted by Crippen LogP contribution is -2.22. The molecule has 0 atom stereocenters. The lowest BCUT2D eigenvalue weighted by molar-refractivity contribution is -0.115. The molecule has 0 spiro atoms. The van der Waals surface area contributed by atoms with Gasteiger partial charge >= 0.3 is 0 Å². The first-order valence-corrected chi connectivity index (χ1v) is 12.2. The van der Waals surface area contributed by atoms with Gasteiger partial charge in [0.25, 0.3) is 0 Å². The normalized spacial score (nSPS) is 11.3. The lowest BCUT2D eigenvalue weighted by Gasteiger charge is -2.19. The van der Waals surface area contributed by atoms with Crippen LogP contribution in [0.2, 0.25) is 5.02 Å². The molecule has 0 aliphatic carbocycles. The number of rotatable bonds is 5. The van der Waals surface area contributed by atoms with Crippen molar-refractivity contribution >= 4 is 62.6 Å². The van der Waals surface area contributed by atoms with Crippen molar-refractivity contribution < 1.29 is 4.79 Å². The van der Waals surface area contributed by atoms with Crippen LogP contribution in [-0.2, 0) is 4.79 Å². The molecule has 0 bridgehead atoms. The van der Waals surface area contributed by atoms with Gasteiger partial charge in [0.05, 0.1) is 22.6 Å². The Bertz CT molecular complexity index is 1400. The Kier molecular flexibility index (Phi) is 6.70. The van der Waals surface area contributed by atoms with Gasteiger partial charge in [0.2, 0.25) is 5.91 Å². The summed E-state index contributed by atoms with van der Waals surface area (Å²) in [5.74, 6) is -0.129. The maximum absolute atomic E-state index is 12.4. The number of benzene rings is 2. The van der Waals surface area contributed by atoms with Crippen molar-refractivity contribution in [3.05, 3.63) is 80.1 Å². The maximum atomic E-state index is 12.4. The molecule has 0 N–H and O–H groups in total. The number of carbonyl (C=O) groups excluding carboxylic acids is 1. The Balaban J connectivity index is 1.63. The van der Waals surface area contributed by atoms with Crippen LogP contribution in [0.5, 0.6) is 0 Å². The number of nitrogens with zero attached hydrogens (tertiary/aromatic N) is 4. The third kappa shape index (κ3) is 5.04. The van der Waals surface area contributed by atoms with Gasteiger partial charge in [0.1, 0.15) is 11.1 Å². The predicted molar refractivity (Wildman–Crippen MR) is 137 cm³/mol. The average Bonchev–Trinajstić information content (AvgIpc) is 3.45. The molecule has 33 heavy (non-hydrogen) atoms. The van der Waals surface area contributed by atoms with Crippen molar-refractivity contribution in [1.29, 1.82) is 5.26 Å². The van der Waals surface area contributed by atoms with Crippen LogP contribution in [0.1, 0.15) is 28.8 Å². The summed E-state index contributed by atoms with van der Waals surface area (Å²) in [6.45, 7) is 5.56. The van der Waals surface area contributed by atoms with E-state index in [2.05, 4.69) is 16.0 Å². The number of allylic oxidation sites excluding steroid dienone is 1. The quantitative estimate of drug-likeness (QED) is 0.275. The molecule has 2 aromatic heterocycles. The van der Waals surface area contributed by atoms with Crippen molar-refractivity contribution in [2.75, 3.05) is 4.90 Å². The number of aryl methyl sites for hydroxylation is 2. The monoisotopic (exact) mass is 490 g/mol. The Morgan fingerprint density at radius 2 is 1.82 bits per heavy atom. The summed E-state index contributed by atoms with van der Waals surface area (Å²) < 4.78 is 0. The van der Waals surface area contributed by atoms with Crippen LogP contribution in [0.4, 0.5) is 10.8 Å². The molecule has 164 valence electrons. The molecule has 0 saturated carbocycles. The molecular weight excluding hydrogens is 472 g/mol. The number of amides is 1. The lowest BCUT2D eigenvalue weighted by atomic mass is 10.1. The van der Waals surface area contributed by atoms with Crippen LogP contribution >= 0.6 is 34.3 Å². The van der Waals surface area contributed by atoms with Crippen LogP contribution in [-0.4, -0.2) is 15.9 Å². The van der Waals surface area contributed by atoms with Gasteiger partial charge in [-0.05, 0) is 55.3 Å². The summed E-state index contributed by atoms with van der Waals surface area (Å²) in [6.07, 6.45) is 1.70. The first-order chi connectivity index (χ1) is 15.9. The summed E-state index contributed by atoms with van der Waals surface area (Å²) in [5, 5.41) is 15.3. The highest BCUT2D eigenvalue weighted by Gasteiger charge is 2.19. The van der Waals surface area contributed by atoms with E-state index in [0.717, 1.165) is 28.1 Å². The van der Waals surface area contributed by atoms with Crippen LogP contribution in [0.25, 0.3) is 22.9 Å². The summed E-state index contributed by atoms with van der Waals surface area (Å²) in [7, 11) is 0. The van der Waals surface area contributed by atoms with Gasteiger partial charge in [0, 0.05) is 28.3 Å². The largest absolute Gasteiger partial charge is 0.274 e. The highest BCUT2D eigenvalue weighted by molar-refractivity contribution is 7.14. The van der Waals surface area contributed by atoms with E-state index in [4.69, 9.17) is 11.6 Å². The van der Waals surface area contributed by atoms with E-state index < -0.39 is 0 Å². The van der Waals surface area contributed by atoms with Crippen molar-refractivity contribution in [3.63, 3.8) is 0 Å². The average molecular weight is 491 g/mol. The number of nitriles is 1. The molecular formula is C25H19ClN4OS2. The molecule has 0 fully saturated rings. The highest BCUT2D eigenvalue weighted by atomic mass is 35.5. The molecule has 5 nitrogen and oxygen atoms in total. The van der Waals surface area contributed by atoms with Gasteiger partial charge in [-0.3, -0.25) is 9.69 Å². The van der Waals surface area contributed by atoms with E-state index in [1.54, 1.807) is 11.0 Å². The summed E-state index contributed by atoms with van der Waals surface area (Å²) in [6, 6.07) is 15.5. The fraction of sp³-hybridized carbons (Fsp3) is 0.120. The molecule has 2 aromatic carbocycles. The summed E-state index contributed by atoms with van der Waals surface area (Å²) in [4.78, 5) is 23.2. The van der Waals surface area contributed by atoms with Crippen molar-refractivity contribution in [3.8, 4) is 17.3 Å². The molecule has 0 saturated heterocycles. The minimum absolute atomic E-state index is 0.129. The number of aromatic nitrogens is 2. The molecule has 0 radical (unpaired) electrons. The van der Waals surface area contributed by atoms with Gasteiger partial charge < -0.3 is 0 Å². The maximum Gasteiger partial charge on any atom is 0.230 e. The molecule has 0 aliphatic rings. The number of halogens is 1. The molecule has 0 aliphatic heterocycles. The van der Waals surface area contributed by atoms with E-state index in [1.807, 2.05) is 67.1 Å². The smallest absolute Gasteiger partial charge is 0.230 e. The molecule has 8 heteroatoms. The van der Waals surface area contributed by atoms with Gasteiger partial charge in [-0.2, -0.15) is 5.26 Å². The Morgan fingerprint density at radius 3 is 2.48 bits per heavy atom. The first-order valence-electron chi connectivity index (χ1n) is 10.0. The van der Waals surface area contributed by atoms with E-state index in [1.165, 1.54) is 29.6 Å². The third-order valence-electron chi connectivity index (χ3n) is 5.05. The van der Waals surface area contributed by atoms with E-state index in [9.17, 15) is 10.1 Å². The van der Waals surface area contributed by atoms with E-state index in [0.29, 0.717) is 26.4 Å². The van der Waals surface area contributed by atoms with Crippen LogP contribution < -0.4 is 4.90 Å². The topological polar surface area (TPSA) is 69.9 Å². The Labute approximate surface area is 205 Å². The van der Waals surface area contributed by atoms with Gasteiger partial charge in [0.15, 0.2) is 5.13 Å². The molecule has 4 aromatic rings. The SMILES string of the molecule is CC(=O)N(c1ccc(C)c(C)c1)c1nc(/C=C(\C#N)c2nc(-c3ccc(Cl)cc3)cs2)cs1. The second-order valence-corrected chi connectivity index (χ2v) is 9.52. The van der Waals surface area contributed by atoms with Crippen molar-refractivity contribution in [2.45, 2.75) is 20.8 Å². The van der Waals surface area contributed by atoms with Gasteiger partial charge in [-0.15, -0.1) is 22.7 Å². The zero-order valence-corrected chi connectivity index (χ0v) is 20.6. The number of thiazole rings is 2. The minimum Gasteiger partial charge on any atom is -0.274 e. The molecule has 1 amide bonds. The Morgan fingerprint density at radius 1 is 1.06 bits per heavy atom. The summed E-state index contributed by atoms with van der Waals surface area (Å²) >= 11 is 8.71. The van der Waals surface area contributed by atoms with Gasteiger partial charge in [-0.25, -0.2) is 9.97 Å². The Hall–Kier alpha value is -3.31. The highest BCUT2D eigenvalue weighted by Crippen LogP contribution is 2.32. The standard InChI is InChI=1S/C25H19ClN4OS2/c1-15-4-9-22(10-16(15)2)30(17(3)31)25-28-21(13-33-25)11-19(12-27)24-29-23(14-32-24)18-5-7-20(26)8-6-18/h4-11,13-14H,1-3H3/b19-11+. The number of hydrogen-bond acceptors (Lipinski definition) is 6. The predicted octanol–water partition coefficient (Wildman–Crippen LogP) is 7.29. The first kappa shape index (κ1) is 22.9. The molecule has 0 unspecified atom stereocenters. The number of anilines is 2. The molecule has 2 heterocycles. The fourth-order valence-electron chi connectivity index (χ4n) is 3.18. The zero-order chi connectivity index (χ0) is 23.5. The van der Waals surface area contributed by atoms with Crippen LogP contribution in [0.3, 0.4) is 0 Å². The second kappa shape index (κ2) is 9.67. The fourth-order valence-corrected chi connectivity index (χ4v) is 4.94. The van der Waals surface area contributed by atoms with Crippen LogP contribution in [0, 0.1) is 25.2 Å². The minimum atomic E-state index is -0.129. The zero-order valence-electron chi connectivity index (χ0n) is 18.2. The number of carbonyl (C=O) groups is 1. The van der Waals surface area contributed by atoms with E-state index in [-0.39, 0.29) is 5.91 Å².